The summed E-state index contributed by atoms with van der Waals surface area (Å²) in [5.74, 6) is 0.908. The van der Waals surface area contributed by atoms with E-state index in [1.165, 1.54) is 0 Å². The van der Waals surface area contributed by atoms with Crippen LogP contribution in [0.5, 0.6) is 0 Å². The van der Waals surface area contributed by atoms with E-state index in [-0.39, 0.29) is 0 Å². The second-order valence-electron chi connectivity index (χ2n) is 4.59. The third kappa shape index (κ3) is 1.53. The number of aromatic nitrogens is 3. The molecular formula is C11H14N4O. The van der Waals surface area contributed by atoms with Gasteiger partial charge >= 0.3 is 0 Å². The smallest absolute Gasteiger partial charge is 0.157 e. The average molecular weight is 218 g/mol. The Kier molecular flexibility index (Phi) is 1.91. The van der Waals surface area contributed by atoms with Gasteiger partial charge in [-0.15, -0.1) is 0 Å². The molecule has 1 saturated heterocycles. The second-order valence-corrected chi connectivity index (χ2v) is 4.59. The quantitative estimate of drug-likeness (QED) is 0.765. The molecule has 0 amide bonds. The molecule has 3 heterocycles. The summed E-state index contributed by atoms with van der Waals surface area (Å²) in [6.45, 7) is 3.36. The van der Waals surface area contributed by atoms with Crippen molar-refractivity contribution in [1.29, 1.82) is 0 Å². The third-order valence-electron chi connectivity index (χ3n) is 3.02. The first-order chi connectivity index (χ1) is 7.64. The van der Waals surface area contributed by atoms with Gasteiger partial charge in [0, 0.05) is 25.4 Å². The van der Waals surface area contributed by atoms with Crippen molar-refractivity contribution in [2.24, 2.45) is 0 Å². The number of hydrogen-bond acceptors (Lipinski definition) is 4. The predicted molar refractivity (Wildman–Crippen MR) is 60.4 cm³/mol. The van der Waals surface area contributed by atoms with Crippen molar-refractivity contribution in [3.63, 3.8) is 0 Å². The van der Waals surface area contributed by atoms with Gasteiger partial charge in [0.15, 0.2) is 5.65 Å². The van der Waals surface area contributed by atoms with Crippen LogP contribution >= 0.6 is 0 Å². The zero-order chi connectivity index (χ0) is 11.2. The minimum Gasteiger partial charge on any atom is -0.388 e. The fourth-order valence-electron chi connectivity index (χ4n) is 2.12. The van der Waals surface area contributed by atoms with Crippen LogP contribution in [0.2, 0.25) is 0 Å². The molecule has 5 nitrogen and oxygen atoms in total. The Morgan fingerprint density at radius 1 is 1.44 bits per heavy atom. The van der Waals surface area contributed by atoms with Crippen LogP contribution in [-0.2, 0) is 0 Å². The minimum atomic E-state index is -0.589. The monoisotopic (exact) mass is 218 g/mol. The SMILES string of the molecule is CC1(O)CCN(c2ccn3nccc3n2)C1. The summed E-state index contributed by atoms with van der Waals surface area (Å²) in [5.41, 5.74) is 0.248. The molecule has 1 fully saturated rings. The van der Waals surface area contributed by atoms with Crippen molar-refractivity contribution in [3.8, 4) is 0 Å². The lowest BCUT2D eigenvalue weighted by Crippen LogP contribution is -2.30. The average Bonchev–Trinajstić information content (AvgIpc) is 2.82. The van der Waals surface area contributed by atoms with Gasteiger partial charge in [0.2, 0.25) is 0 Å². The van der Waals surface area contributed by atoms with Crippen LogP contribution in [-0.4, -0.2) is 38.4 Å². The lowest BCUT2D eigenvalue weighted by molar-refractivity contribution is 0.0839. The van der Waals surface area contributed by atoms with Crippen LogP contribution in [0.4, 0.5) is 5.82 Å². The lowest BCUT2D eigenvalue weighted by atomic mass is 10.1. The first-order valence-corrected chi connectivity index (χ1v) is 5.42. The summed E-state index contributed by atoms with van der Waals surface area (Å²) in [6.07, 6.45) is 4.41. The highest BCUT2D eigenvalue weighted by molar-refractivity contribution is 5.48. The molecule has 5 heteroatoms. The van der Waals surface area contributed by atoms with Gasteiger partial charge in [-0.05, 0) is 19.4 Å². The van der Waals surface area contributed by atoms with E-state index in [1.807, 2.05) is 25.3 Å². The highest BCUT2D eigenvalue weighted by Crippen LogP contribution is 2.24. The van der Waals surface area contributed by atoms with E-state index in [0.717, 1.165) is 24.4 Å². The maximum Gasteiger partial charge on any atom is 0.157 e. The van der Waals surface area contributed by atoms with Crippen LogP contribution < -0.4 is 4.90 Å². The topological polar surface area (TPSA) is 53.7 Å². The zero-order valence-corrected chi connectivity index (χ0v) is 9.17. The van der Waals surface area contributed by atoms with E-state index >= 15 is 0 Å². The molecule has 1 N–H and O–H groups in total. The summed E-state index contributed by atoms with van der Waals surface area (Å²) >= 11 is 0. The molecule has 2 aromatic heterocycles. The van der Waals surface area contributed by atoms with E-state index in [1.54, 1.807) is 10.7 Å². The van der Waals surface area contributed by atoms with E-state index in [0.29, 0.717) is 6.54 Å². The van der Waals surface area contributed by atoms with Gasteiger partial charge in [-0.2, -0.15) is 5.10 Å². The van der Waals surface area contributed by atoms with Gasteiger partial charge < -0.3 is 10.0 Å². The molecule has 1 unspecified atom stereocenters. The standard InChI is InChI=1S/C11H14N4O/c1-11(16)4-7-14(8-11)9-3-6-15-10(13-9)2-5-12-15/h2-3,5-6,16H,4,7-8H2,1H3. The Labute approximate surface area is 93.3 Å². The summed E-state index contributed by atoms with van der Waals surface area (Å²) in [7, 11) is 0. The third-order valence-corrected chi connectivity index (χ3v) is 3.02. The Morgan fingerprint density at radius 2 is 2.31 bits per heavy atom. The Bertz CT molecular complexity index is 519. The van der Waals surface area contributed by atoms with Crippen LogP contribution in [0.3, 0.4) is 0 Å². The normalized spacial score (nSPS) is 25.5. The van der Waals surface area contributed by atoms with Crippen molar-refractivity contribution < 1.29 is 5.11 Å². The molecule has 84 valence electrons. The van der Waals surface area contributed by atoms with Crippen LogP contribution in [0.25, 0.3) is 5.65 Å². The maximum atomic E-state index is 9.91. The first kappa shape index (κ1) is 9.59. The molecule has 0 saturated carbocycles. The van der Waals surface area contributed by atoms with Gasteiger partial charge in [0.05, 0.1) is 11.8 Å². The molecular weight excluding hydrogens is 204 g/mol. The molecule has 1 aliphatic rings. The van der Waals surface area contributed by atoms with E-state index in [9.17, 15) is 5.11 Å². The van der Waals surface area contributed by atoms with Crippen molar-refractivity contribution in [1.82, 2.24) is 14.6 Å². The summed E-state index contributed by atoms with van der Waals surface area (Å²) < 4.78 is 1.73. The number of hydrogen-bond donors (Lipinski definition) is 1. The molecule has 2 aromatic rings. The van der Waals surface area contributed by atoms with E-state index in [4.69, 9.17) is 0 Å². The predicted octanol–water partition coefficient (Wildman–Crippen LogP) is 0.690. The molecule has 1 aliphatic heterocycles. The fraction of sp³-hybridized carbons (Fsp3) is 0.455. The highest BCUT2D eigenvalue weighted by Gasteiger charge is 2.31. The van der Waals surface area contributed by atoms with Crippen molar-refractivity contribution in [2.75, 3.05) is 18.0 Å². The van der Waals surface area contributed by atoms with Gasteiger partial charge in [-0.1, -0.05) is 0 Å². The van der Waals surface area contributed by atoms with Gasteiger partial charge in [-0.25, -0.2) is 9.50 Å². The lowest BCUT2D eigenvalue weighted by Gasteiger charge is -2.19. The molecule has 0 radical (unpaired) electrons. The molecule has 0 spiro atoms. The Morgan fingerprint density at radius 3 is 3.06 bits per heavy atom. The van der Waals surface area contributed by atoms with Gasteiger partial charge in [0.25, 0.3) is 0 Å². The Hall–Kier alpha value is -1.62. The number of anilines is 1. The molecule has 16 heavy (non-hydrogen) atoms. The Balaban J connectivity index is 1.94. The first-order valence-electron chi connectivity index (χ1n) is 5.42. The van der Waals surface area contributed by atoms with Crippen molar-refractivity contribution >= 4 is 11.5 Å². The van der Waals surface area contributed by atoms with Crippen LogP contribution in [0.1, 0.15) is 13.3 Å². The van der Waals surface area contributed by atoms with Gasteiger partial charge in [-0.3, -0.25) is 0 Å². The van der Waals surface area contributed by atoms with Crippen LogP contribution in [0.15, 0.2) is 24.5 Å². The molecule has 0 bridgehead atoms. The zero-order valence-electron chi connectivity index (χ0n) is 9.17. The molecule has 0 aliphatic carbocycles. The number of aliphatic hydroxyl groups is 1. The number of rotatable bonds is 1. The summed E-state index contributed by atoms with van der Waals surface area (Å²) in [4.78, 5) is 6.60. The van der Waals surface area contributed by atoms with Gasteiger partial charge in [0.1, 0.15) is 5.82 Å². The maximum absolute atomic E-state index is 9.91. The molecule has 3 rings (SSSR count). The molecule has 1 atom stereocenters. The largest absolute Gasteiger partial charge is 0.388 e. The minimum absolute atomic E-state index is 0.589. The van der Waals surface area contributed by atoms with Crippen LogP contribution in [0, 0.1) is 0 Å². The van der Waals surface area contributed by atoms with E-state index < -0.39 is 5.60 Å². The second kappa shape index (κ2) is 3.18. The van der Waals surface area contributed by atoms with Crippen molar-refractivity contribution in [3.05, 3.63) is 24.5 Å². The fourth-order valence-corrected chi connectivity index (χ4v) is 2.12. The number of nitrogens with zero attached hydrogens (tertiary/aromatic N) is 4. The van der Waals surface area contributed by atoms with E-state index in [2.05, 4.69) is 15.0 Å². The van der Waals surface area contributed by atoms with Crippen molar-refractivity contribution in [2.45, 2.75) is 18.9 Å². The molecule has 0 aromatic carbocycles. The highest BCUT2D eigenvalue weighted by atomic mass is 16.3. The number of fused-ring (bicyclic) bond motifs is 1. The summed E-state index contributed by atoms with van der Waals surface area (Å²) in [6, 6.07) is 3.80. The number of β-amino-alcohol motifs (C(OH)–C–C–N with tert-alkyl or cyclic N) is 1. The summed E-state index contributed by atoms with van der Waals surface area (Å²) in [5, 5.41) is 14.0.